The molecule has 0 amide bonds. The van der Waals surface area contributed by atoms with Gasteiger partial charge >= 0.3 is 5.97 Å². The SMILES string of the molecule is Cc1ccccc1C#Cc1cc(N)c(NCOc2ccc(C)c(C(=O)O)c2)cc1Cl. The Labute approximate surface area is 180 Å². The molecule has 0 unspecified atom stereocenters. The van der Waals surface area contributed by atoms with Crippen LogP contribution >= 0.6 is 11.6 Å². The number of nitrogens with one attached hydrogen (secondary N) is 1. The summed E-state index contributed by atoms with van der Waals surface area (Å²) in [6.07, 6.45) is 0. The van der Waals surface area contributed by atoms with Crippen molar-refractivity contribution >= 4 is 28.9 Å². The number of benzene rings is 3. The van der Waals surface area contributed by atoms with Crippen molar-refractivity contribution in [2.75, 3.05) is 17.8 Å². The van der Waals surface area contributed by atoms with E-state index in [9.17, 15) is 9.90 Å². The van der Waals surface area contributed by atoms with Crippen molar-refractivity contribution in [3.63, 3.8) is 0 Å². The minimum absolute atomic E-state index is 0.0941. The van der Waals surface area contributed by atoms with Crippen LogP contribution in [-0.4, -0.2) is 17.8 Å². The van der Waals surface area contributed by atoms with Crippen LogP contribution in [0.1, 0.15) is 32.6 Å². The van der Waals surface area contributed by atoms with E-state index in [0.717, 1.165) is 11.1 Å². The Morgan fingerprint density at radius 1 is 1.07 bits per heavy atom. The van der Waals surface area contributed by atoms with Gasteiger partial charge in [-0.05, 0) is 55.3 Å². The fourth-order valence-corrected chi connectivity index (χ4v) is 3.02. The maximum Gasteiger partial charge on any atom is 0.336 e. The average Bonchev–Trinajstić information content (AvgIpc) is 2.71. The molecule has 0 atom stereocenters. The minimum atomic E-state index is -0.996. The number of nitrogens with two attached hydrogens (primary N) is 1. The number of anilines is 2. The average molecular weight is 421 g/mol. The van der Waals surface area contributed by atoms with E-state index in [4.69, 9.17) is 22.1 Å². The largest absolute Gasteiger partial charge is 0.478 e. The van der Waals surface area contributed by atoms with E-state index in [2.05, 4.69) is 17.2 Å². The van der Waals surface area contributed by atoms with Crippen molar-refractivity contribution in [3.8, 4) is 17.6 Å². The van der Waals surface area contributed by atoms with Gasteiger partial charge in [-0.25, -0.2) is 4.79 Å². The number of hydrogen-bond acceptors (Lipinski definition) is 4. The van der Waals surface area contributed by atoms with Crippen molar-refractivity contribution in [2.24, 2.45) is 0 Å². The fourth-order valence-electron chi connectivity index (χ4n) is 2.81. The lowest BCUT2D eigenvalue weighted by molar-refractivity contribution is 0.0695. The number of carbonyl (C=O) groups is 1. The monoisotopic (exact) mass is 420 g/mol. The topological polar surface area (TPSA) is 84.6 Å². The first-order valence-corrected chi connectivity index (χ1v) is 9.60. The van der Waals surface area contributed by atoms with E-state index in [-0.39, 0.29) is 12.3 Å². The van der Waals surface area contributed by atoms with E-state index in [1.807, 2.05) is 31.2 Å². The molecule has 0 bridgehead atoms. The normalized spacial score (nSPS) is 10.1. The summed E-state index contributed by atoms with van der Waals surface area (Å²) in [6, 6.07) is 16.2. The molecule has 5 nitrogen and oxygen atoms in total. The zero-order valence-corrected chi connectivity index (χ0v) is 17.4. The van der Waals surface area contributed by atoms with Crippen LogP contribution in [0.4, 0.5) is 11.4 Å². The van der Waals surface area contributed by atoms with Gasteiger partial charge in [-0.2, -0.15) is 0 Å². The summed E-state index contributed by atoms with van der Waals surface area (Å²) in [7, 11) is 0. The smallest absolute Gasteiger partial charge is 0.336 e. The predicted molar refractivity (Wildman–Crippen MR) is 120 cm³/mol. The highest BCUT2D eigenvalue weighted by Gasteiger charge is 2.09. The highest BCUT2D eigenvalue weighted by molar-refractivity contribution is 6.32. The summed E-state index contributed by atoms with van der Waals surface area (Å²) < 4.78 is 5.60. The van der Waals surface area contributed by atoms with Gasteiger partial charge in [-0.3, -0.25) is 0 Å². The fraction of sp³-hybridized carbons (Fsp3) is 0.125. The summed E-state index contributed by atoms with van der Waals surface area (Å²) >= 11 is 6.37. The second-order valence-corrected chi connectivity index (χ2v) is 7.14. The Hall–Kier alpha value is -3.62. The molecule has 0 aliphatic rings. The summed E-state index contributed by atoms with van der Waals surface area (Å²) in [5.41, 5.74) is 10.7. The van der Waals surface area contributed by atoms with E-state index < -0.39 is 5.97 Å². The number of carboxylic acid groups (broad SMARTS) is 1. The van der Waals surface area contributed by atoms with Gasteiger partial charge in [-0.15, -0.1) is 0 Å². The quantitative estimate of drug-likeness (QED) is 0.304. The van der Waals surface area contributed by atoms with Gasteiger partial charge in [0.25, 0.3) is 0 Å². The molecule has 3 aromatic carbocycles. The van der Waals surface area contributed by atoms with Crippen LogP contribution in [0.25, 0.3) is 0 Å². The van der Waals surface area contributed by atoms with Crippen LogP contribution in [0.3, 0.4) is 0 Å². The number of nitrogen functional groups attached to an aromatic ring is 1. The number of hydrogen-bond donors (Lipinski definition) is 3. The first kappa shape index (κ1) is 21.1. The van der Waals surface area contributed by atoms with E-state index in [1.54, 1.807) is 31.2 Å². The summed E-state index contributed by atoms with van der Waals surface area (Å²) in [5, 5.41) is 12.7. The van der Waals surface area contributed by atoms with Gasteiger partial charge in [0.2, 0.25) is 0 Å². The molecule has 0 heterocycles. The Morgan fingerprint density at radius 2 is 1.80 bits per heavy atom. The zero-order chi connectivity index (χ0) is 21.7. The van der Waals surface area contributed by atoms with Crippen LogP contribution in [0, 0.1) is 25.7 Å². The number of halogens is 1. The van der Waals surface area contributed by atoms with Crippen molar-refractivity contribution in [1.29, 1.82) is 0 Å². The third-order valence-electron chi connectivity index (χ3n) is 4.56. The van der Waals surface area contributed by atoms with E-state index in [0.29, 0.717) is 33.3 Å². The molecule has 0 saturated carbocycles. The summed E-state index contributed by atoms with van der Waals surface area (Å²) in [4.78, 5) is 11.2. The molecular weight excluding hydrogens is 400 g/mol. The molecule has 0 spiro atoms. The van der Waals surface area contributed by atoms with Gasteiger partial charge in [0, 0.05) is 11.1 Å². The van der Waals surface area contributed by atoms with Gasteiger partial charge in [-0.1, -0.05) is 47.7 Å². The molecule has 30 heavy (non-hydrogen) atoms. The minimum Gasteiger partial charge on any atom is -0.478 e. The molecule has 0 saturated heterocycles. The Morgan fingerprint density at radius 3 is 2.53 bits per heavy atom. The number of carboxylic acids is 1. The first-order chi connectivity index (χ1) is 14.3. The Kier molecular flexibility index (Phi) is 6.51. The molecule has 0 aliphatic heterocycles. The predicted octanol–water partition coefficient (Wildman–Crippen LogP) is 5.09. The van der Waals surface area contributed by atoms with Gasteiger partial charge < -0.3 is 20.9 Å². The van der Waals surface area contributed by atoms with Gasteiger partial charge in [0.1, 0.15) is 5.75 Å². The molecule has 4 N–H and O–H groups in total. The molecule has 6 heteroatoms. The summed E-state index contributed by atoms with van der Waals surface area (Å²) in [6.45, 7) is 3.83. The van der Waals surface area contributed by atoms with Crippen LogP contribution < -0.4 is 15.8 Å². The number of aryl methyl sites for hydroxylation is 2. The van der Waals surface area contributed by atoms with Gasteiger partial charge in [0.15, 0.2) is 6.73 Å². The van der Waals surface area contributed by atoms with Crippen molar-refractivity contribution < 1.29 is 14.6 Å². The van der Waals surface area contributed by atoms with Crippen LogP contribution in [-0.2, 0) is 0 Å². The Balaban J connectivity index is 1.70. The highest BCUT2D eigenvalue weighted by Crippen LogP contribution is 2.27. The third kappa shape index (κ3) is 5.05. The van der Waals surface area contributed by atoms with Crippen LogP contribution in [0.15, 0.2) is 54.6 Å². The van der Waals surface area contributed by atoms with Crippen molar-refractivity contribution in [2.45, 2.75) is 13.8 Å². The van der Waals surface area contributed by atoms with Crippen LogP contribution in [0.5, 0.6) is 5.75 Å². The molecule has 0 aliphatic carbocycles. The van der Waals surface area contributed by atoms with E-state index in [1.165, 1.54) is 6.07 Å². The lowest BCUT2D eigenvalue weighted by Gasteiger charge is -2.13. The lowest BCUT2D eigenvalue weighted by Crippen LogP contribution is -2.11. The maximum atomic E-state index is 11.2. The highest BCUT2D eigenvalue weighted by atomic mass is 35.5. The lowest BCUT2D eigenvalue weighted by atomic mass is 10.1. The summed E-state index contributed by atoms with van der Waals surface area (Å²) in [5.74, 6) is 5.63. The molecule has 0 aromatic heterocycles. The van der Waals surface area contributed by atoms with Gasteiger partial charge in [0.05, 0.1) is 22.0 Å². The molecule has 0 radical (unpaired) electrons. The molecular formula is C24H21ClN2O3. The second-order valence-electron chi connectivity index (χ2n) is 6.73. The number of ether oxygens (including phenoxy) is 1. The Bertz CT molecular complexity index is 1160. The maximum absolute atomic E-state index is 11.2. The third-order valence-corrected chi connectivity index (χ3v) is 4.87. The van der Waals surface area contributed by atoms with E-state index >= 15 is 0 Å². The zero-order valence-electron chi connectivity index (χ0n) is 16.6. The second kappa shape index (κ2) is 9.25. The molecule has 0 fully saturated rings. The molecule has 3 aromatic rings. The van der Waals surface area contributed by atoms with Crippen molar-refractivity contribution in [3.05, 3.63) is 87.4 Å². The van der Waals surface area contributed by atoms with Crippen LogP contribution in [0.2, 0.25) is 5.02 Å². The standard InChI is InChI=1S/C24H21ClN2O3/c1-15-5-3-4-6-17(15)8-9-18-11-22(26)23(13-21(18)25)27-14-30-19-10-7-16(2)20(12-19)24(28)29/h3-7,10-13,27H,14,26H2,1-2H3,(H,28,29). The molecule has 3 rings (SSSR count). The molecule has 152 valence electrons. The number of aromatic carboxylic acids is 1. The first-order valence-electron chi connectivity index (χ1n) is 9.22. The van der Waals surface area contributed by atoms with Crippen molar-refractivity contribution in [1.82, 2.24) is 0 Å². The number of rotatable bonds is 5.